The van der Waals surface area contributed by atoms with E-state index in [0.29, 0.717) is 5.92 Å². The normalized spacial score (nSPS) is 46.1. The second kappa shape index (κ2) is 2.82. The van der Waals surface area contributed by atoms with Crippen LogP contribution in [-0.4, -0.2) is 43.5 Å². The van der Waals surface area contributed by atoms with Crippen LogP contribution in [0.1, 0.15) is 12.8 Å². The Morgan fingerprint density at radius 2 is 2.17 bits per heavy atom. The van der Waals surface area contributed by atoms with Crippen molar-refractivity contribution in [2.75, 3.05) is 26.7 Å². The second-order valence-electron chi connectivity index (χ2n) is 3.83. The van der Waals surface area contributed by atoms with E-state index in [9.17, 15) is 4.79 Å². The summed E-state index contributed by atoms with van der Waals surface area (Å²) in [6, 6.07) is 0. The molecule has 0 N–H and O–H groups in total. The van der Waals surface area contributed by atoms with Crippen molar-refractivity contribution in [3.63, 3.8) is 0 Å². The predicted octanol–water partition coefficient (Wildman–Crippen LogP) is 0.296. The third-order valence-corrected chi connectivity index (χ3v) is 3.33. The van der Waals surface area contributed by atoms with Crippen LogP contribution in [0.5, 0.6) is 0 Å². The monoisotopic (exact) mass is 169 g/mol. The van der Waals surface area contributed by atoms with Crippen molar-refractivity contribution in [3.05, 3.63) is 0 Å². The van der Waals surface area contributed by atoms with E-state index in [1.54, 1.807) is 7.11 Å². The van der Waals surface area contributed by atoms with Gasteiger partial charge in [0.25, 0.3) is 0 Å². The van der Waals surface area contributed by atoms with Gasteiger partial charge < -0.3 is 9.53 Å². The molecule has 3 heteroatoms. The molecule has 3 nitrogen and oxygen atoms in total. The van der Waals surface area contributed by atoms with Gasteiger partial charge >= 0.3 is 0 Å². The highest BCUT2D eigenvalue weighted by Gasteiger charge is 2.46. The molecule has 0 aromatic heterocycles. The topological polar surface area (TPSA) is 29.5 Å². The first-order chi connectivity index (χ1) is 5.80. The van der Waals surface area contributed by atoms with Crippen LogP contribution in [0.4, 0.5) is 0 Å². The molecule has 0 aromatic rings. The molecule has 1 atom stereocenters. The van der Waals surface area contributed by atoms with Gasteiger partial charge in [0.05, 0.1) is 0 Å². The smallest absolute Gasteiger partial charge is 0.153 e. The second-order valence-corrected chi connectivity index (χ2v) is 3.83. The molecule has 3 aliphatic rings. The fourth-order valence-corrected chi connectivity index (χ4v) is 2.47. The summed E-state index contributed by atoms with van der Waals surface area (Å²) in [5.74, 6) is 0.463. The first-order valence-corrected chi connectivity index (χ1v) is 4.54. The van der Waals surface area contributed by atoms with Crippen LogP contribution in [-0.2, 0) is 9.53 Å². The van der Waals surface area contributed by atoms with Crippen LogP contribution < -0.4 is 0 Å². The highest BCUT2D eigenvalue weighted by atomic mass is 16.5. The molecule has 0 aliphatic carbocycles. The maximum atomic E-state index is 11.0. The molecular weight excluding hydrogens is 154 g/mol. The fraction of sp³-hybridized carbons (Fsp3) is 0.889. The Labute approximate surface area is 72.7 Å². The minimum Gasteiger partial charge on any atom is -0.369 e. The minimum atomic E-state index is -0.476. The van der Waals surface area contributed by atoms with Crippen molar-refractivity contribution in [2.24, 2.45) is 5.92 Å². The molecule has 0 spiro atoms. The number of hydrogen-bond donors (Lipinski definition) is 0. The van der Waals surface area contributed by atoms with E-state index in [1.165, 1.54) is 0 Å². The Kier molecular flexibility index (Phi) is 1.93. The van der Waals surface area contributed by atoms with E-state index >= 15 is 0 Å². The Hall–Kier alpha value is -0.410. The van der Waals surface area contributed by atoms with Gasteiger partial charge in [-0.25, -0.2) is 0 Å². The lowest BCUT2D eigenvalue weighted by atomic mass is 9.76. The number of carbonyl (C=O) groups excluding carboxylic acids is 1. The predicted molar refractivity (Wildman–Crippen MR) is 45.0 cm³/mol. The number of aldehydes is 1. The van der Waals surface area contributed by atoms with Crippen molar-refractivity contribution in [2.45, 2.75) is 18.4 Å². The largest absolute Gasteiger partial charge is 0.369 e. The lowest BCUT2D eigenvalue weighted by Crippen LogP contribution is -2.60. The van der Waals surface area contributed by atoms with Crippen LogP contribution in [0, 0.1) is 5.92 Å². The number of rotatable bonds is 2. The van der Waals surface area contributed by atoms with E-state index in [0.717, 1.165) is 38.8 Å². The molecule has 0 radical (unpaired) electrons. The maximum Gasteiger partial charge on any atom is 0.153 e. The molecule has 3 fully saturated rings. The van der Waals surface area contributed by atoms with Gasteiger partial charge in [-0.05, 0) is 31.8 Å². The van der Waals surface area contributed by atoms with Crippen molar-refractivity contribution in [3.8, 4) is 0 Å². The molecule has 3 saturated heterocycles. The lowest BCUT2D eigenvalue weighted by molar-refractivity contribution is -0.155. The van der Waals surface area contributed by atoms with E-state index in [-0.39, 0.29) is 0 Å². The van der Waals surface area contributed by atoms with Crippen molar-refractivity contribution in [1.29, 1.82) is 0 Å². The summed E-state index contributed by atoms with van der Waals surface area (Å²) in [7, 11) is 1.65. The number of methoxy groups -OCH3 is 1. The lowest BCUT2D eigenvalue weighted by Gasteiger charge is -2.49. The average molecular weight is 169 g/mol. The Morgan fingerprint density at radius 1 is 1.50 bits per heavy atom. The quantitative estimate of drug-likeness (QED) is 0.557. The minimum absolute atomic E-state index is 0.463. The van der Waals surface area contributed by atoms with Crippen LogP contribution in [0.2, 0.25) is 0 Å². The number of carbonyl (C=O) groups is 1. The Bertz CT molecular complexity index is 187. The summed E-state index contributed by atoms with van der Waals surface area (Å²) >= 11 is 0. The third kappa shape index (κ3) is 1.00. The standard InChI is InChI=1S/C9H15NO2/c1-12-9(7-11)6-10-4-2-8(9)3-5-10/h7-8H,2-6H2,1H3. The zero-order valence-electron chi connectivity index (χ0n) is 7.45. The molecule has 0 amide bonds. The van der Waals surface area contributed by atoms with Gasteiger partial charge in [0.1, 0.15) is 5.60 Å². The number of nitrogens with zero attached hydrogens (tertiary/aromatic N) is 1. The summed E-state index contributed by atoms with van der Waals surface area (Å²) in [5.41, 5.74) is -0.476. The van der Waals surface area contributed by atoms with Crippen LogP contribution in [0.25, 0.3) is 0 Å². The Morgan fingerprint density at radius 3 is 2.42 bits per heavy atom. The van der Waals surface area contributed by atoms with Crippen molar-refractivity contribution in [1.82, 2.24) is 4.90 Å². The maximum absolute atomic E-state index is 11.0. The third-order valence-electron chi connectivity index (χ3n) is 3.33. The average Bonchev–Trinajstić information content (AvgIpc) is 2.19. The van der Waals surface area contributed by atoms with Crippen LogP contribution in [0.15, 0.2) is 0 Å². The first kappa shape index (κ1) is 8.20. The highest BCUT2D eigenvalue weighted by Crippen LogP contribution is 2.36. The molecule has 3 heterocycles. The Balaban J connectivity index is 2.20. The van der Waals surface area contributed by atoms with E-state index in [1.807, 2.05) is 0 Å². The number of ether oxygens (including phenoxy) is 1. The summed E-state index contributed by atoms with van der Waals surface area (Å²) in [6.45, 7) is 3.09. The van der Waals surface area contributed by atoms with Gasteiger partial charge in [0.15, 0.2) is 6.29 Å². The summed E-state index contributed by atoms with van der Waals surface area (Å²) in [5, 5.41) is 0. The van der Waals surface area contributed by atoms with Crippen LogP contribution in [0.3, 0.4) is 0 Å². The zero-order valence-corrected chi connectivity index (χ0v) is 7.45. The van der Waals surface area contributed by atoms with Gasteiger partial charge in [-0.2, -0.15) is 0 Å². The molecule has 0 saturated carbocycles. The molecule has 3 aliphatic heterocycles. The van der Waals surface area contributed by atoms with E-state index in [2.05, 4.69) is 4.90 Å². The molecule has 68 valence electrons. The van der Waals surface area contributed by atoms with Crippen molar-refractivity contribution >= 4 is 6.29 Å². The van der Waals surface area contributed by atoms with Gasteiger partial charge in [-0.15, -0.1) is 0 Å². The zero-order chi connectivity index (χ0) is 8.60. The number of piperidine rings is 3. The van der Waals surface area contributed by atoms with Gasteiger partial charge in [0.2, 0.25) is 0 Å². The highest BCUT2D eigenvalue weighted by molar-refractivity contribution is 5.64. The van der Waals surface area contributed by atoms with Crippen LogP contribution >= 0.6 is 0 Å². The van der Waals surface area contributed by atoms with Gasteiger partial charge in [0, 0.05) is 13.7 Å². The SMILES string of the molecule is COC1(C=O)CN2CCC1CC2. The van der Waals surface area contributed by atoms with Gasteiger partial charge in [-0.1, -0.05) is 0 Å². The summed E-state index contributed by atoms with van der Waals surface area (Å²) < 4.78 is 5.35. The molecular formula is C9H15NO2. The van der Waals surface area contributed by atoms with E-state index in [4.69, 9.17) is 4.74 Å². The fourth-order valence-electron chi connectivity index (χ4n) is 2.47. The number of hydrogen-bond acceptors (Lipinski definition) is 3. The molecule has 12 heavy (non-hydrogen) atoms. The molecule has 1 unspecified atom stereocenters. The van der Waals surface area contributed by atoms with E-state index < -0.39 is 5.60 Å². The summed E-state index contributed by atoms with van der Waals surface area (Å²) in [4.78, 5) is 13.3. The first-order valence-electron chi connectivity index (χ1n) is 4.54. The van der Waals surface area contributed by atoms with Crippen molar-refractivity contribution < 1.29 is 9.53 Å². The molecule has 2 bridgehead atoms. The summed E-state index contributed by atoms with van der Waals surface area (Å²) in [6.07, 6.45) is 3.24. The van der Waals surface area contributed by atoms with Gasteiger partial charge in [-0.3, -0.25) is 4.90 Å². The molecule has 0 aromatic carbocycles. The number of fused-ring (bicyclic) bond motifs is 3. The molecule has 3 rings (SSSR count).